The van der Waals surface area contributed by atoms with Crippen molar-refractivity contribution in [1.29, 1.82) is 0 Å². The zero-order chi connectivity index (χ0) is 18.5. The van der Waals surface area contributed by atoms with E-state index in [4.69, 9.17) is 0 Å². The summed E-state index contributed by atoms with van der Waals surface area (Å²) in [5.74, 6) is 1.48. The van der Waals surface area contributed by atoms with Gasteiger partial charge in [0.1, 0.15) is 12.4 Å². The van der Waals surface area contributed by atoms with Gasteiger partial charge in [-0.2, -0.15) is 5.10 Å². The van der Waals surface area contributed by atoms with E-state index in [0.29, 0.717) is 19.6 Å². The van der Waals surface area contributed by atoms with Gasteiger partial charge in [0.05, 0.1) is 24.1 Å². The standard InChI is InChI=1S/C17H24N8O.HI/c1-4-18-17(20-9-14-5-6-19-13(2)22-14)24-7-8-25(16(26)12-24)15-10-21-23(3)11-15;/h5-6,10-11H,4,7-9,12H2,1-3H3,(H,18,20);1H. The summed E-state index contributed by atoms with van der Waals surface area (Å²) in [4.78, 5) is 29.4. The Bertz CT molecular complexity index is 806. The van der Waals surface area contributed by atoms with Crippen LogP contribution in [0, 0.1) is 6.92 Å². The largest absolute Gasteiger partial charge is 0.356 e. The van der Waals surface area contributed by atoms with E-state index in [-0.39, 0.29) is 36.4 Å². The molecule has 0 saturated carbocycles. The van der Waals surface area contributed by atoms with Gasteiger partial charge < -0.3 is 15.1 Å². The van der Waals surface area contributed by atoms with E-state index >= 15 is 0 Å². The summed E-state index contributed by atoms with van der Waals surface area (Å²) in [7, 11) is 1.84. The molecule has 146 valence electrons. The van der Waals surface area contributed by atoms with Gasteiger partial charge in [-0.1, -0.05) is 0 Å². The number of hydrogen-bond acceptors (Lipinski definition) is 5. The number of nitrogens with one attached hydrogen (secondary N) is 1. The molecule has 2 aromatic rings. The van der Waals surface area contributed by atoms with Crippen molar-refractivity contribution in [2.45, 2.75) is 20.4 Å². The first kappa shape index (κ1) is 21.1. The zero-order valence-corrected chi connectivity index (χ0v) is 18.1. The summed E-state index contributed by atoms with van der Waals surface area (Å²) in [6.45, 7) is 6.63. The fraction of sp³-hybridized carbons (Fsp3) is 0.471. The molecule has 2 aromatic heterocycles. The molecule has 1 N–H and O–H groups in total. The number of hydrogen-bond donors (Lipinski definition) is 1. The second-order valence-corrected chi connectivity index (χ2v) is 6.10. The average Bonchev–Trinajstić information content (AvgIpc) is 3.04. The molecule has 1 aliphatic heterocycles. The zero-order valence-electron chi connectivity index (χ0n) is 15.8. The van der Waals surface area contributed by atoms with Crippen LogP contribution in [-0.2, 0) is 18.4 Å². The van der Waals surface area contributed by atoms with Crippen molar-refractivity contribution in [1.82, 2.24) is 30.0 Å². The average molecular weight is 484 g/mol. The van der Waals surface area contributed by atoms with Gasteiger partial charge in [-0.3, -0.25) is 9.48 Å². The number of aryl methyl sites for hydroxylation is 2. The highest BCUT2D eigenvalue weighted by Gasteiger charge is 2.27. The SMILES string of the molecule is CCNC(=NCc1ccnc(C)n1)N1CCN(c2cnn(C)c2)C(=O)C1.I. The van der Waals surface area contributed by atoms with Gasteiger partial charge in [0.15, 0.2) is 5.96 Å². The van der Waals surface area contributed by atoms with E-state index < -0.39 is 0 Å². The minimum Gasteiger partial charge on any atom is -0.356 e. The number of carbonyl (C=O) groups is 1. The number of amides is 1. The van der Waals surface area contributed by atoms with Gasteiger partial charge in [0.25, 0.3) is 0 Å². The Morgan fingerprint density at radius 2 is 2.19 bits per heavy atom. The fourth-order valence-electron chi connectivity index (χ4n) is 2.85. The maximum atomic E-state index is 12.6. The summed E-state index contributed by atoms with van der Waals surface area (Å²) in [5.41, 5.74) is 1.68. The number of carbonyl (C=O) groups excluding carboxylic acids is 1. The Morgan fingerprint density at radius 1 is 1.37 bits per heavy atom. The molecule has 0 radical (unpaired) electrons. The summed E-state index contributed by atoms with van der Waals surface area (Å²) in [5, 5.41) is 7.40. The van der Waals surface area contributed by atoms with E-state index in [1.807, 2.05) is 38.1 Å². The number of rotatable bonds is 4. The van der Waals surface area contributed by atoms with Crippen LogP contribution in [0.25, 0.3) is 0 Å². The number of halogens is 1. The summed E-state index contributed by atoms with van der Waals surface area (Å²) < 4.78 is 1.70. The Hall–Kier alpha value is -2.24. The fourth-order valence-corrected chi connectivity index (χ4v) is 2.85. The molecule has 27 heavy (non-hydrogen) atoms. The minimum absolute atomic E-state index is 0. The topological polar surface area (TPSA) is 91.5 Å². The number of piperazine rings is 1. The molecule has 3 heterocycles. The lowest BCUT2D eigenvalue weighted by molar-refractivity contribution is -0.120. The van der Waals surface area contributed by atoms with Crippen molar-refractivity contribution in [3.05, 3.63) is 36.2 Å². The molecule has 0 spiro atoms. The second kappa shape index (κ2) is 9.62. The van der Waals surface area contributed by atoms with Gasteiger partial charge in [-0.05, 0) is 19.9 Å². The smallest absolute Gasteiger partial charge is 0.246 e. The molecule has 0 atom stereocenters. The van der Waals surface area contributed by atoms with Crippen LogP contribution in [-0.4, -0.2) is 62.7 Å². The van der Waals surface area contributed by atoms with Crippen LogP contribution < -0.4 is 10.2 Å². The predicted molar refractivity (Wildman–Crippen MR) is 114 cm³/mol. The second-order valence-electron chi connectivity index (χ2n) is 6.10. The molecule has 0 bridgehead atoms. The molecule has 10 heteroatoms. The molecule has 0 aliphatic carbocycles. The van der Waals surface area contributed by atoms with Crippen LogP contribution in [0.2, 0.25) is 0 Å². The molecule has 3 rings (SSSR count). The summed E-state index contributed by atoms with van der Waals surface area (Å²) in [6.07, 6.45) is 5.30. The van der Waals surface area contributed by atoms with Gasteiger partial charge in [0, 0.05) is 39.1 Å². The normalized spacial score (nSPS) is 14.9. The van der Waals surface area contributed by atoms with E-state index in [0.717, 1.165) is 29.7 Å². The van der Waals surface area contributed by atoms with Crippen molar-refractivity contribution in [2.75, 3.05) is 31.1 Å². The van der Waals surface area contributed by atoms with Crippen LogP contribution in [0.15, 0.2) is 29.6 Å². The molecule has 1 aliphatic rings. The first-order valence-corrected chi connectivity index (χ1v) is 8.67. The first-order chi connectivity index (χ1) is 12.6. The van der Waals surface area contributed by atoms with E-state index in [1.165, 1.54) is 0 Å². The van der Waals surface area contributed by atoms with Crippen LogP contribution in [0.1, 0.15) is 18.4 Å². The summed E-state index contributed by atoms with van der Waals surface area (Å²) >= 11 is 0. The van der Waals surface area contributed by atoms with Crippen molar-refractivity contribution in [2.24, 2.45) is 12.0 Å². The number of aromatic nitrogens is 4. The van der Waals surface area contributed by atoms with Crippen molar-refractivity contribution >= 4 is 41.5 Å². The van der Waals surface area contributed by atoms with Crippen molar-refractivity contribution in [3.63, 3.8) is 0 Å². The van der Waals surface area contributed by atoms with Crippen LogP contribution >= 0.6 is 24.0 Å². The van der Waals surface area contributed by atoms with Crippen molar-refractivity contribution < 1.29 is 4.79 Å². The maximum absolute atomic E-state index is 12.6. The quantitative estimate of drug-likeness (QED) is 0.395. The number of anilines is 1. The monoisotopic (exact) mass is 484 g/mol. The molecule has 9 nitrogen and oxygen atoms in total. The van der Waals surface area contributed by atoms with Crippen molar-refractivity contribution in [3.8, 4) is 0 Å². The van der Waals surface area contributed by atoms with Gasteiger partial charge in [-0.15, -0.1) is 24.0 Å². The molecular weight excluding hydrogens is 459 g/mol. The maximum Gasteiger partial charge on any atom is 0.246 e. The third-order valence-corrected chi connectivity index (χ3v) is 4.08. The van der Waals surface area contributed by atoms with Crippen LogP contribution in [0.3, 0.4) is 0 Å². The van der Waals surface area contributed by atoms with E-state index in [9.17, 15) is 4.79 Å². The van der Waals surface area contributed by atoms with Crippen LogP contribution in [0.5, 0.6) is 0 Å². The third kappa shape index (κ3) is 5.37. The molecule has 1 saturated heterocycles. The lowest BCUT2D eigenvalue weighted by Gasteiger charge is -2.35. The number of nitrogens with zero attached hydrogens (tertiary/aromatic N) is 7. The molecule has 1 fully saturated rings. The first-order valence-electron chi connectivity index (χ1n) is 8.67. The van der Waals surface area contributed by atoms with E-state index in [1.54, 1.807) is 22.0 Å². The Morgan fingerprint density at radius 3 is 2.81 bits per heavy atom. The van der Waals surface area contributed by atoms with E-state index in [2.05, 4.69) is 25.4 Å². The Kier molecular flexibility index (Phi) is 7.51. The highest BCUT2D eigenvalue weighted by atomic mass is 127. The van der Waals surface area contributed by atoms with Gasteiger partial charge in [-0.25, -0.2) is 15.0 Å². The highest BCUT2D eigenvalue weighted by molar-refractivity contribution is 14.0. The van der Waals surface area contributed by atoms with Gasteiger partial charge in [0.2, 0.25) is 5.91 Å². The number of guanidine groups is 1. The molecular formula is C17H25IN8O. The molecule has 0 aromatic carbocycles. The third-order valence-electron chi connectivity index (χ3n) is 4.08. The van der Waals surface area contributed by atoms with Gasteiger partial charge >= 0.3 is 0 Å². The number of aliphatic imine (C=N–C) groups is 1. The Balaban J connectivity index is 0.00000261. The van der Waals surface area contributed by atoms with Crippen LogP contribution in [0.4, 0.5) is 5.69 Å². The minimum atomic E-state index is 0. The summed E-state index contributed by atoms with van der Waals surface area (Å²) in [6, 6.07) is 1.85. The molecule has 1 amide bonds. The Labute approximate surface area is 175 Å². The highest BCUT2D eigenvalue weighted by Crippen LogP contribution is 2.16. The predicted octanol–water partition coefficient (Wildman–Crippen LogP) is 0.951. The lowest BCUT2D eigenvalue weighted by atomic mass is 10.3. The lowest BCUT2D eigenvalue weighted by Crippen LogP contribution is -2.55. The molecule has 0 unspecified atom stereocenters.